The Morgan fingerprint density at radius 2 is 1.70 bits per heavy atom. The number of furan rings is 1. The predicted molar refractivity (Wildman–Crippen MR) is 98.0 cm³/mol. The van der Waals surface area contributed by atoms with Crippen LogP contribution in [0.25, 0.3) is 10.8 Å². The molecule has 0 unspecified atom stereocenters. The highest BCUT2D eigenvalue weighted by Crippen LogP contribution is 2.30. The van der Waals surface area contributed by atoms with Crippen LogP contribution in [0.5, 0.6) is 0 Å². The van der Waals surface area contributed by atoms with Crippen molar-refractivity contribution in [2.24, 2.45) is 5.10 Å². The smallest absolute Gasteiger partial charge is 0.284 e. The molecule has 3 aromatic rings. The minimum atomic E-state index is -2.49. The van der Waals surface area contributed by atoms with Crippen molar-refractivity contribution >= 4 is 40.6 Å². The molecule has 0 fully saturated rings. The Morgan fingerprint density at radius 3 is 2.33 bits per heavy atom. The lowest BCUT2D eigenvalue weighted by Crippen LogP contribution is -2.36. The number of carbonyl (C=O) groups excluding carboxylic acids is 2. The number of hydrazone groups is 1. The molecule has 0 aliphatic carbocycles. The molecule has 5 nitrogen and oxygen atoms in total. The first kappa shape index (κ1) is 17.4. The van der Waals surface area contributed by atoms with Gasteiger partial charge in [-0.15, -0.1) is 0 Å². The van der Waals surface area contributed by atoms with Gasteiger partial charge in [0.2, 0.25) is 0 Å². The number of imide groups is 1. The Hall–Kier alpha value is -3.00. The van der Waals surface area contributed by atoms with E-state index in [1.165, 1.54) is 6.21 Å². The molecule has 0 saturated carbocycles. The second-order valence-corrected chi connectivity index (χ2v) is 6.73. The molecule has 8 heteroatoms. The van der Waals surface area contributed by atoms with Gasteiger partial charge in [-0.1, -0.05) is 36.0 Å². The molecule has 27 heavy (non-hydrogen) atoms. The van der Waals surface area contributed by atoms with Crippen LogP contribution in [0.15, 0.2) is 58.0 Å². The minimum absolute atomic E-state index is 0.0163. The van der Waals surface area contributed by atoms with Gasteiger partial charge >= 0.3 is 0 Å². The molecule has 1 aliphatic rings. The quantitative estimate of drug-likeness (QED) is 0.478. The summed E-state index contributed by atoms with van der Waals surface area (Å²) < 4.78 is 29.8. The van der Waals surface area contributed by atoms with Crippen molar-refractivity contribution in [2.75, 3.05) is 0 Å². The van der Waals surface area contributed by atoms with Crippen molar-refractivity contribution in [3.05, 3.63) is 71.2 Å². The van der Waals surface area contributed by atoms with Crippen LogP contribution in [-0.2, 0) is 5.75 Å². The second kappa shape index (κ2) is 6.96. The summed E-state index contributed by atoms with van der Waals surface area (Å²) in [5.41, 5.74) is 0.793. The van der Waals surface area contributed by atoms with E-state index in [1.807, 2.05) is 12.1 Å². The first-order valence-electron chi connectivity index (χ1n) is 7.97. The largest absolute Gasteiger partial charge is 0.459 e. The summed E-state index contributed by atoms with van der Waals surface area (Å²) in [4.78, 5) is 25.4. The predicted octanol–water partition coefficient (Wildman–Crippen LogP) is 4.52. The Balaban J connectivity index is 1.61. The van der Waals surface area contributed by atoms with Gasteiger partial charge in [0.15, 0.2) is 0 Å². The molecule has 4 rings (SSSR count). The van der Waals surface area contributed by atoms with Gasteiger partial charge in [0.1, 0.15) is 11.5 Å². The Kier molecular flexibility index (Phi) is 4.49. The standard InChI is InChI=1S/C19H12F2N2O3S/c20-19(21)27-10-13-8-7-12(26-13)9-22-23-17(24)14-5-1-3-11-4-2-6-15(16(11)14)18(23)25/h1-9,19H,10H2/b22-9-. The number of hydrogen-bond donors (Lipinski definition) is 0. The van der Waals surface area contributed by atoms with Gasteiger partial charge in [0, 0.05) is 5.39 Å². The number of benzene rings is 2. The third-order valence-electron chi connectivity index (χ3n) is 4.08. The van der Waals surface area contributed by atoms with Gasteiger partial charge in [-0.2, -0.15) is 18.9 Å². The van der Waals surface area contributed by atoms with E-state index in [9.17, 15) is 18.4 Å². The van der Waals surface area contributed by atoms with Crippen molar-refractivity contribution in [1.82, 2.24) is 5.01 Å². The lowest BCUT2D eigenvalue weighted by Gasteiger charge is -2.22. The van der Waals surface area contributed by atoms with Crippen LogP contribution in [0.2, 0.25) is 0 Å². The van der Waals surface area contributed by atoms with Crippen molar-refractivity contribution in [1.29, 1.82) is 0 Å². The minimum Gasteiger partial charge on any atom is -0.459 e. The maximum Gasteiger partial charge on any atom is 0.284 e. The summed E-state index contributed by atoms with van der Waals surface area (Å²) in [6, 6.07) is 13.6. The fourth-order valence-corrected chi connectivity index (χ4v) is 3.37. The number of rotatable bonds is 5. The summed E-state index contributed by atoms with van der Waals surface area (Å²) >= 11 is 0.444. The summed E-state index contributed by atoms with van der Waals surface area (Å²) in [7, 11) is 0. The SMILES string of the molecule is O=C1c2cccc3cccc(c23)C(=O)N1/N=C\c1ccc(CSC(F)F)o1. The number of hydrogen-bond acceptors (Lipinski definition) is 5. The fourth-order valence-electron chi connectivity index (χ4n) is 2.92. The van der Waals surface area contributed by atoms with Crippen molar-refractivity contribution in [3.63, 3.8) is 0 Å². The molecule has 1 aliphatic heterocycles. The number of halogens is 2. The molecule has 0 atom stereocenters. The van der Waals surface area contributed by atoms with Crippen LogP contribution < -0.4 is 0 Å². The summed E-state index contributed by atoms with van der Waals surface area (Å²) in [5, 5.41) is 6.18. The highest BCUT2D eigenvalue weighted by Gasteiger charge is 2.32. The molecule has 0 saturated heterocycles. The normalized spacial score (nSPS) is 14.1. The van der Waals surface area contributed by atoms with Crippen LogP contribution in [0.4, 0.5) is 8.78 Å². The molecule has 1 aromatic heterocycles. The van der Waals surface area contributed by atoms with Gasteiger partial charge in [0.05, 0.1) is 23.1 Å². The topological polar surface area (TPSA) is 62.9 Å². The molecule has 2 amide bonds. The average molecular weight is 386 g/mol. The Bertz CT molecular complexity index is 1030. The Labute approximate surface area is 156 Å². The molecular weight excluding hydrogens is 374 g/mol. The van der Waals surface area contributed by atoms with Crippen LogP contribution in [0, 0.1) is 0 Å². The molecule has 0 bridgehead atoms. The van der Waals surface area contributed by atoms with Crippen molar-refractivity contribution in [2.45, 2.75) is 11.5 Å². The maximum absolute atomic E-state index is 12.7. The molecular formula is C19H12F2N2O3S. The van der Waals surface area contributed by atoms with E-state index in [1.54, 1.807) is 36.4 Å². The first-order chi connectivity index (χ1) is 13.0. The number of thioether (sulfide) groups is 1. The third kappa shape index (κ3) is 3.23. The van der Waals surface area contributed by atoms with Gasteiger partial charge in [-0.25, -0.2) is 0 Å². The molecule has 2 heterocycles. The van der Waals surface area contributed by atoms with E-state index >= 15 is 0 Å². The van der Waals surface area contributed by atoms with Gasteiger partial charge in [0.25, 0.3) is 17.6 Å². The monoisotopic (exact) mass is 386 g/mol. The van der Waals surface area contributed by atoms with E-state index in [-0.39, 0.29) is 11.5 Å². The summed E-state index contributed by atoms with van der Waals surface area (Å²) in [6.07, 6.45) is 1.22. The van der Waals surface area contributed by atoms with Crippen LogP contribution in [0.3, 0.4) is 0 Å². The van der Waals surface area contributed by atoms with E-state index in [0.29, 0.717) is 34.0 Å². The zero-order valence-corrected chi connectivity index (χ0v) is 14.6. The van der Waals surface area contributed by atoms with E-state index in [0.717, 1.165) is 10.4 Å². The van der Waals surface area contributed by atoms with E-state index < -0.39 is 17.6 Å². The third-order valence-corrected chi connectivity index (χ3v) is 4.79. The molecule has 136 valence electrons. The lowest BCUT2D eigenvalue weighted by molar-refractivity contribution is 0.0616. The van der Waals surface area contributed by atoms with Crippen molar-refractivity contribution in [3.8, 4) is 0 Å². The summed E-state index contributed by atoms with van der Waals surface area (Å²) in [6.45, 7) is 0. The van der Waals surface area contributed by atoms with Gasteiger partial charge < -0.3 is 4.42 Å². The number of alkyl halides is 2. The van der Waals surface area contributed by atoms with E-state index in [4.69, 9.17) is 4.42 Å². The molecule has 0 spiro atoms. The zero-order valence-electron chi connectivity index (χ0n) is 13.8. The van der Waals surface area contributed by atoms with Gasteiger partial charge in [-0.05, 0) is 29.7 Å². The van der Waals surface area contributed by atoms with E-state index in [2.05, 4.69) is 5.10 Å². The molecule has 0 N–H and O–H groups in total. The zero-order chi connectivity index (χ0) is 19.0. The molecule has 0 radical (unpaired) electrons. The number of carbonyl (C=O) groups is 2. The average Bonchev–Trinajstić information content (AvgIpc) is 3.12. The van der Waals surface area contributed by atoms with Crippen LogP contribution in [0.1, 0.15) is 32.2 Å². The highest BCUT2D eigenvalue weighted by molar-refractivity contribution is 7.98. The Morgan fingerprint density at radius 1 is 1.04 bits per heavy atom. The molecule has 2 aromatic carbocycles. The van der Waals surface area contributed by atoms with Gasteiger partial charge in [-0.3, -0.25) is 9.59 Å². The lowest BCUT2D eigenvalue weighted by atomic mass is 9.95. The second-order valence-electron chi connectivity index (χ2n) is 5.75. The fraction of sp³-hybridized carbons (Fsp3) is 0.105. The van der Waals surface area contributed by atoms with Crippen LogP contribution >= 0.6 is 11.8 Å². The number of amides is 2. The first-order valence-corrected chi connectivity index (χ1v) is 9.02. The maximum atomic E-state index is 12.7. The number of nitrogens with zero attached hydrogens (tertiary/aromatic N) is 2. The van der Waals surface area contributed by atoms with Crippen LogP contribution in [-0.4, -0.2) is 28.8 Å². The summed E-state index contributed by atoms with van der Waals surface area (Å²) in [5.74, 6) is -2.91. The highest BCUT2D eigenvalue weighted by atomic mass is 32.2. The van der Waals surface area contributed by atoms with Crippen molar-refractivity contribution < 1.29 is 22.8 Å².